The fourth-order valence-electron chi connectivity index (χ4n) is 2.07. The van der Waals surface area contributed by atoms with Crippen LogP contribution in [0.15, 0.2) is 36.9 Å². The van der Waals surface area contributed by atoms with Crippen molar-refractivity contribution >= 4 is 0 Å². The number of nitrogens with zero attached hydrogens (tertiary/aromatic N) is 2. The molecule has 0 aliphatic carbocycles. The van der Waals surface area contributed by atoms with Gasteiger partial charge in [0.25, 0.3) is 0 Å². The van der Waals surface area contributed by atoms with Crippen molar-refractivity contribution in [1.82, 2.24) is 15.3 Å². The van der Waals surface area contributed by atoms with Gasteiger partial charge < -0.3 is 5.32 Å². The maximum absolute atomic E-state index is 14.0. The molecule has 0 aromatic carbocycles. The van der Waals surface area contributed by atoms with Crippen LogP contribution >= 0.6 is 0 Å². The molecular weight excluding hydrogens is 241 g/mol. The zero-order valence-electron chi connectivity index (χ0n) is 11.2. The van der Waals surface area contributed by atoms with Gasteiger partial charge in [-0.2, -0.15) is 0 Å². The third-order valence-electron chi connectivity index (χ3n) is 3.10. The Labute approximate surface area is 112 Å². The van der Waals surface area contributed by atoms with Gasteiger partial charge in [0.05, 0.1) is 12.2 Å². The van der Waals surface area contributed by atoms with Gasteiger partial charge in [-0.15, -0.1) is 0 Å². The number of hydrogen-bond donors (Lipinski definition) is 1. The van der Waals surface area contributed by atoms with Crippen molar-refractivity contribution in [2.45, 2.75) is 26.3 Å². The van der Waals surface area contributed by atoms with Gasteiger partial charge in [-0.3, -0.25) is 9.97 Å². The normalized spacial score (nSPS) is 12.4. The predicted molar refractivity (Wildman–Crippen MR) is 73.3 cm³/mol. The zero-order valence-corrected chi connectivity index (χ0v) is 11.2. The molecule has 2 rings (SSSR count). The largest absolute Gasteiger partial charge is 0.306 e. The van der Waals surface area contributed by atoms with Crippen molar-refractivity contribution in [2.24, 2.45) is 0 Å². The molecule has 2 aromatic heterocycles. The van der Waals surface area contributed by atoms with E-state index in [1.807, 2.05) is 13.0 Å². The molecule has 0 saturated carbocycles. The summed E-state index contributed by atoms with van der Waals surface area (Å²) in [6.45, 7) is 4.92. The molecule has 2 heterocycles. The van der Waals surface area contributed by atoms with Crippen LogP contribution in [-0.4, -0.2) is 16.5 Å². The van der Waals surface area contributed by atoms with E-state index in [1.54, 1.807) is 24.7 Å². The second-order valence-corrected chi connectivity index (χ2v) is 4.52. The van der Waals surface area contributed by atoms with Crippen molar-refractivity contribution in [1.29, 1.82) is 0 Å². The topological polar surface area (TPSA) is 37.8 Å². The first-order valence-corrected chi connectivity index (χ1v) is 6.47. The number of pyridine rings is 2. The third-order valence-corrected chi connectivity index (χ3v) is 3.10. The maximum Gasteiger partial charge on any atom is 0.146 e. The highest BCUT2D eigenvalue weighted by atomic mass is 19.1. The van der Waals surface area contributed by atoms with Crippen LogP contribution in [0, 0.1) is 12.7 Å². The third kappa shape index (κ3) is 3.15. The van der Waals surface area contributed by atoms with Gasteiger partial charge in [0.1, 0.15) is 5.82 Å². The summed E-state index contributed by atoms with van der Waals surface area (Å²) < 4.78 is 14.0. The number of hydrogen-bond acceptors (Lipinski definition) is 3. The average Bonchev–Trinajstić information content (AvgIpc) is 2.42. The molecule has 0 spiro atoms. The first-order chi connectivity index (χ1) is 9.24. The van der Waals surface area contributed by atoms with Crippen LogP contribution in [0.3, 0.4) is 0 Å². The predicted octanol–water partition coefficient (Wildman–Crippen LogP) is 3.01. The van der Waals surface area contributed by atoms with Gasteiger partial charge in [-0.05, 0) is 43.1 Å². The van der Waals surface area contributed by atoms with E-state index in [9.17, 15) is 4.39 Å². The van der Waals surface area contributed by atoms with Crippen LogP contribution in [0.4, 0.5) is 4.39 Å². The van der Waals surface area contributed by atoms with Gasteiger partial charge in [0, 0.05) is 24.2 Å². The summed E-state index contributed by atoms with van der Waals surface area (Å²) in [5, 5.41) is 3.38. The van der Waals surface area contributed by atoms with Gasteiger partial charge >= 0.3 is 0 Å². The first kappa shape index (κ1) is 13.6. The lowest BCUT2D eigenvalue weighted by atomic mass is 9.97. The molecule has 0 saturated heterocycles. The monoisotopic (exact) mass is 259 g/mol. The lowest BCUT2D eigenvalue weighted by Gasteiger charge is -2.21. The van der Waals surface area contributed by atoms with Crippen LogP contribution in [0.5, 0.6) is 0 Å². The zero-order chi connectivity index (χ0) is 13.7. The minimum Gasteiger partial charge on any atom is -0.306 e. The van der Waals surface area contributed by atoms with E-state index in [2.05, 4.69) is 22.2 Å². The van der Waals surface area contributed by atoms with E-state index in [0.717, 1.165) is 24.1 Å². The Morgan fingerprint density at radius 2 is 1.89 bits per heavy atom. The number of halogens is 1. The van der Waals surface area contributed by atoms with Crippen molar-refractivity contribution < 1.29 is 4.39 Å². The number of aromatic nitrogens is 2. The van der Waals surface area contributed by atoms with Gasteiger partial charge in [-0.25, -0.2) is 4.39 Å². The minimum atomic E-state index is -0.292. The molecule has 0 aliphatic rings. The number of rotatable bonds is 5. The van der Waals surface area contributed by atoms with E-state index in [4.69, 9.17) is 0 Å². The molecule has 0 amide bonds. The molecule has 0 fully saturated rings. The summed E-state index contributed by atoms with van der Waals surface area (Å²) in [6.07, 6.45) is 7.40. The van der Waals surface area contributed by atoms with Crippen LogP contribution < -0.4 is 5.32 Å². The Balaban J connectivity index is 2.42. The fraction of sp³-hybridized carbons (Fsp3) is 0.333. The summed E-state index contributed by atoms with van der Waals surface area (Å²) >= 11 is 0. The smallest absolute Gasteiger partial charge is 0.146 e. The fourth-order valence-corrected chi connectivity index (χ4v) is 2.07. The van der Waals surface area contributed by atoms with Crippen molar-refractivity contribution in [3.05, 3.63) is 59.4 Å². The first-order valence-electron chi connectivity index (χ1n) is 6.47. The standard InChI is InChI=1S/C15H18FN3/c1-3-6-19-15(12-5-8-18-10-14(12)16)13-9-17-7-4-11(13)2/h4-5,7-10,15,19H,3,6H2,1-2H3. The molecule has 0 bridgehead atoms. The Morgan fingerprint density at radius 3 is 2.58 bits per heavy atom. The van der Waals surface area contributed by atoms with Crippen LogP contribution in [-0.2, 0) is 0 Å². The Kier molecular flexibility index (Phi) is 4.58. The van der Waals surface area contributed by atoms with E-state index < -0.39 is 0 Å². The molecule has 1 N–H and O–H groups in total. The minimum absolute atomic E-state index is 0.184. The summed E-state index contributed by atoms with van der Waals surface area (Å²) in [6, 6.07) is 3.47. The highest BCUT2D eigenvalue weighted by Crippen LogP contribution is 2.25. The molecule has 3 nitrogen and oxygen atoms in total. The molecule has 0 aliphatic heterocycles. The Morgan fingerprint density at radius 1 is 1.16 bits per heavy atom. The SMILES string of the molecule is CCCNC(c1cnccc1C)c1ccncc1F. The molecule has 4 heteroatoms. The quantitative estimate of drug-likeness (QED) is 0.897. The van der Waals surface area contributed by atoms with Gasteiger partial charge in [0.15, 0.2) is 0 Å². The van der Waals surface area contributed by atoms with Crippen LogP contribution in [0.2, 0.25) is 0 Å². The van der Waals surface area contributed by atoms with Crippen molar-refractivity contribution in [2.75, 3.05) is 6.54 Å². The lowest BCUT2D eigenvalue weighted by molar-refractivity contribution is 0.541. The van der Waals surface area contributed by atoms with Crippen molar-refractivity contribution in [3.63, 3.8) is 0 Å². The Hall–Kier alpha value is -1.81. The maximum atomic E-state index is 14.0. The van der Waals surface area contributed by atoms with E-state index in [-0.39, 0.29) is 11.9 Å². The second kappa shape index (κ2) is 6.38. The molecule has 19 heavy (non-hydrogen) atoms. The number of nitrogens with one attached hydrogen (secondary N) is 1. The summed E-state index contributed by atoms with van der Waals surface area (Å²) in [7, 11) is 0. The molecule has 0 radical (unpaired) electrons. The highest BCUT2D eigenvalue weighted by Gasteiger charge is 2.18. The average molecular weight is 259 g/mol. The lowest BCUT2D eigenvalue weighted by Crippen LogP contribution is -2.25. The molecule has 1 unspecified atom stereocenters. The molecular formula is C15H18FN3. The van der Waals surface area contributed by atoms with E-state index in [1.165, 1.54) is 6.20 Å². The van der Waals surface area contributed by atoms with Gasteiger partial charge in [0.2, 0.25) is 0 Å². The van der Waals surface area contributed by atoms with E-state index in [0.29, 0.717) is 5.56 Å². The summed E-state index contributed by atoms with van der Waals surface area (Å²) in [5.41, 5.74) is 2.71. The van der Waals surface area contributed by atoms with Crippen molar-refractivity contribution in [3.8, 4) is 0 Å². The highest BCUT2D eigenvalue weighted by molar-refractivity contribution is 5.34. The molecule has 1 atom stereocenters. The molecule has 100 valence electrons. The van der Waals surface area contributed by atoms with Crippen LogP contribution in [0.25, 0.3) is 0 Å². The van der Waals surface area contributed by atoms with Crippen LogP contribution in [0.1, 0.15) is 36.1 Å². The molecule has 2 aromatic rings. The summed E-state index contributed by atoms with van der Waals surface area (Å²) in [5.74, 6) is -0.292. The number of aryl methyl sites for hydroxylation is 1. The summed E-state index contributed by atoms with van der Waals surface area (Å²) in [4.78, 5) is 7.96. The van der Waals surface area contributed by atoms with Gasteiger partial charge in [-0.1, -0.05) is 6.92 Å². The second-order valence-electron chi connectivity index (χ2n) is 4.52. The van der Waals surface area contributed by atoms with E-state index >= 15 is 0 Å². The Bertz CT molecular complexity index is 497.